The average molecular weight is 233 g/mol. The van der Waals surface area contributed by atoms with Gasteiger partial charge in [0.25, 0.3) is 0 Å². The van der Waals surface area contributed by atoms with Crippen molar-refractivity contribution in [1.29, 1.82) is 0 Å². The molecule has 1 aromatic heterocycles. The predicted octanol–water partition coefficient (Wildman–Crippen LogP) is 2.33. The van der Waals surface area contributed by atoms with E-state index in [9.17, 15) is 0 Å². The van der Waals surface area contributed by atoms with Gasteiger partial charge in [-0.05, 0) is 18.2 Å². The van der Waals surface area contributed by atoms with Gasteiger partial charge in [0.1, 0.15) is 12.4 Å². The summed E-state index contributed by atoms with van der Waals surface area (Å²) in [5, 5.41) is 0. The van der Waals surface area contributed by atoms with Crippen LogP contribution in [0.4, 0.5) is 0 Å². The lowest BCUT2D eigenvalue weighted by atomic mass is 10.2. The summed E-state index contributed by atoms with van der Waals surface area (Å²) in [5.41, 5.74) is 6.50. The van der Waals surface area contributed by atoms with Gasteiger partial charge in [0.2, 0.25) is 0 Å². The summed E-state index contributed by atoms with van der Waals surface area (Å²) in [7, 11) is 1.62. The Morgan fingerprint density at radius 1 is 1.18 bits per heavy atom. The van der Waals surface area contributed by atoms with Gasteiger partial charge in [0.15, 0.2) is 11.5 Å². The first-order chi connectivity index (χ1) is 8.35. The average Bonchev–Trinajstić information content (AvgIpc) is 2.84. The first kappa shape index (κ1) is 11.5. The van der Waals surface area contributed by atoms with Crippen LogP contribution in [0.15, 0.2) is 41.0 Å². The molecule has 0 spiro atoms. The van der Waals surface area contributed by atoms with Crippen molar-refractivity contribution < 1.29 is 13.9 Å². The molecule has 1 heterocycles. The largest absolute Gasteiger partial charge is 0.493 e. The van der Waals surface area contributed by atoms with Gasteiger partial charge in [-0.1, -0.05) is 12.1 Å². The molecule has 4 nitrogen and oxygen atoms in total. The molecule has 0 aliphatic rings. The highest BCUT2D eigenvalue weighted by molar-refractivity contribution is 5.39. The topological polar surface area (TPSA) is 57.6 Å². The van der Waals surface area contributed by atoms with Gasteiger partial charge in [-0.25, -0.2) is 0 Å². The van der Waals surface area contributed by atoms with Gasteiger partial charge in [0, 0.05) is 5.56 Å². The van der Waals surface area contributed by atoms with E-state index in [2.05, 4.69) is 0 Å². The van der Waals surface area contributed by atoms with E-state index in [0.29, 0.717) is 24.7 Å². The van der Waals surface area contributed by atoms with Crippen molar-refractivity contribution in [3.8, 4) is 11.5 Å². The standard InChI is InChI=1S/C13H15NO3/c1-15-11-4-2-3-5-12(11)17-9-10-6-7-16-13(10)8-14/h2-7H,8-9,14H2,1H3. The number of hydrogen-bond acceptors (Lipinski definition) is 4. The van der Waals surface area contributed by atoms with Crippen LogP contribution in [0, 0.1) is 0 Å². The van der Waals surface area contributed by atoms with Crippen molar-refractivity contribution >= 4 is 0 Å². The van der Waals surface area contributed by atoms with Crippen molar-refractivity contribution in [1.82, 2.24) is 0 Å². The summed E-state index contributed by atoms with van der Waals surface area (Å²) < 4.78 is 16.1. The van der Waals surface area contributed by atoms with Crippen molar-refractivity contribution in [2.24, 2.45) is 5.73 Å². The molecule has 0 saturated heterocycles. The van der Waals surface area contributed by atoms with Crippen LogP contribution < -0.4 is 15.2 Å². The van der Waals surface area contributed by atoms with Crippen LogP contribution in [0.5, 0.6) is 11.5 Å². The van der Waals surface area contributed by atoms with E-state index in [0.717, 1.165) is 11.3 Å². The fraction of sp³-hybridized carbons (Fsp3) is 0.231. The van der Waals surface area contributed by atoms with Gasteiger partial charge >= 0.3 is 0 Å². The predicted molar refractivity (Wildman–Crippen MR) is 63.9 cm³/mol. The number of ether oxygens (including phenoxy) is 2. The Bertz CT molecular complexity index is 479. The normalized spacial score (nSPS) is 10.2. The molecule has 0 aliphatic carbocycles. The molecule has 0 atom stereocenters. The number of benzene rings is 1. The third kappa shape index (κ3) is 2.60. The molecule has 0 saturated carbocycles. The van der Waals surface area contributed by atoms with Crippen molar-refractivity contribution in [3.05, 3.63) is 47.9 Å². The molecule has 90 valence electrons. The van der Waals surface area contributed by atoms with Crippen LogP contribution in [0.25, 0.3) is 0 Å². The van der Waals surface area contributed by atoms with E-state index in [-0.39, 0.29) is 0 Å². The number of nitrogens with two attached hydrogens (primary N) is 1. The molecule has 2 rings (SSSR count). The lowest BCUT2D eigenvalue weighted by Crippen LogP contribution is -2.02. The molecule has 0 fully saturated rings. The molecular weight excluding hydrogens is 218 g/mol. The zero-order chi connectivity index (χ0) is 12.1. The summed E-state index contributed by atoms with van der Waals surface area (Å²) in [6, 6.07) is 9.37. The Hall–Kier alpha value is -1.94. The number of para-hydroxylation sites is 2. The van der Waals surface area contributed by atoms with Crippen molar-refractivity contribution in [2.75, 3.05) is 7.11 Å². The Kier molecular flexibility index (Phi) is 3.67. The minimum absolute atomic E-state index is 0.373. The lowest BCUT2D eigenvalue weighted by Gasteiger charge is -2.09. The summed E-state index contributed by atoms with van der Waals surface area (Å²) in [6.07, 6.45) is 1.61. The number of furan rings is 1. The SMILES string of the molecule is COc1ccccc1OCc1ccoc1CN. The van der Waals surface area contributed by atoms with E-state index in [1.807, 2.05) is 30.3 Å². The molecule has 0 amide bonds. The van der Waals surface area contributed by atoms with Crippen LogP contribution in [0.1, 0.15) is 11.3 Å². The van der Waals surface area contributed by atoms with E-state index in [1.54, 1.807) is 13.4 Å². The second-order valence-electron chi connectivity index (χ2n) is 3.51. The molecule has 0 radical (unpaired) electrons. The van der Waals surface area contributed by atoms with Crippen LogP contribution >= 0.6 is 0 Å². The third-order valence-corrected chi connectivity index (χ3v) is 2.48. The second kappa shape index (κ2) is 5.41. The minimum atomic E-state index is 0.373. The first-order valence-corrected chi connectivity index (χ1v) is 5.36. The van der Waals surface area contributed by atoms with E-state index in [4.69, 9.17) is 19.6 Å². The van der Waals surface area contributed by atoms with E-state index < -0.39 is 0 Å². The zero-order valence-electron chi connectivity index (χ0n) is 9.68. The zero-order valence-corrected chi connectivity index (χ0v) is 9.68. The maximum atomic E-state index is 5.67. The van der Waals surface area contributed by atoms with Crippen LogP contribution in [0.2, 0.25) is 0 Å². The van der Waals surface area contributed by atoms with E-state index >= 15 is 0 Å². The van der Waals surface area contributed by atoms with Crippen LogP contribution in [0.3, 0.4) is 0 Å². The summed E-state index contributed by atoms with van der Waals surface area (Å²) in [5.74, 6) is 2.17. The molecule has 2 N–H and O–H groups in total. The molecule has 0 bridgehead atoms. The molecular formula is C13H15NO3. The number of rotatable bonds is 5. The summed E-state index contributed by atoms with van der Waals surface area (Å²) in [6.45, 7) is 0.793. The Morgan fingerprint density at radius 2 is 1.94 bits per heavy atom. The summed E-state index contributed by atoms with van der Waals surface area (Å²) >= 11 is 0. The highest BCUT2D eigenvalue weighted by atomic mass is 16.5. The van der Waals surface area contributed by atoms with Crippen LogP contribution in [-0.4, -0.2) is 7.11 Å². The fourth-order valence-corrected chi connectivity index (χ4v) is 1.57. The maximum Gasteiger partial charge on any atom is 0.161 e. The van der Waals surface area contributed by atoms with Gasteiger partial charge in [-0.3, -0.25) is 0 Å². The Morgan fingerprint density at radius 3 is 2.65 bits per heavy atom. The van der Waals surface area contributed by atoms with Gasteiger partial charge in [-0.15, -0.1) is 0 Å². The second-order valence-corrected chi connectivity index (χ2v) is 3.51. The molecule has 0 aliphatic heterocycles. The maximum absolute atomic E-state index is 5.67. The molecule has 0 unspecified atom stereocenters. The molecule has 2 aromatic rings. The Balaban J connectivity index is 2.07. The Labute approximate surface area is 99.9 Å². The minimum Gasteiger partial charge on any atom is -0.493 e. The summed E-state index contributed by atoms with van der Waals surface area (Å²) in [4.78, 5) is 0. The lowest BCUT2D eigenvalue weighted by molar-refractivity contribution is 0.281. The molecule has 1 aromatic carbocycles. The molecule has 4 heteroatoms. The quantitative estimate of drug-likeness (QED) is 0.861. The van der Waals surface area contributed by atoms with Gasteiger partial charge < -0.3 is 19.6 Å². The fourth-order valence-electron chi connectivity index (χ4n) is 1.57. The van der Waals surface area contributed by atoms with Gasteiger partial charge in [0.05, 0.1) is 19.9 Å². The van der Waals surface area contributed by atoms with Crippen molar-refractivity contribution in [2.45, 2.75) is 13.2 Å². The smallest absolute Gasteiger partial charge is 0.161 e. The number of hydrogen-bond donors (Lipinski definition) is 1. The highest BCUT2D eigenvalue weighted by Crippen LogP contribution is 2.27. The van der Waals surface area contributed by atoms with Crippen molar-refractivity contribution in [3.63, 3.8) is 0 Å². The number of methoxy groups -OCH3 is 1. The monoisotopic (exact) mass is 233 g/mol. The van der Waals surface area contributed by atoms with Crippen LogP contribution in [-0.2, 0) is 13.2 Å². The first-order valence-electron chi connectivity index (χ1n) is 5.36. The van der Waals surface area contributed by atoms with Gasteiger partial charge in [-0.2, -0.15) is 0 Å². The highest BCUT2D eigenvalue weighted by Gasteiger charge is 2.07. The third-order valence-electron chi connectivity index (χ3n) is 2.48. The van der Waals surface area contributed by atoms with E-state index in [1.165, 1.54) is 0 Å². The molecule has 17 heavy (non-hydrogen) atoms.